The van der Waals surface area contributed by atoms with E-state index in [9.17, 15) is 0 Å². The van der Waals surface area contributed by atoms with Crippen LogP contribution in [0.2, 0.25) is 0 Å². The lowest BCUT2D eigenvalue weighted by atomic mass is 9.44. The molecular formula is C72H61BN2S. The van der Waals surface area contributed by atoms with Gasteiger partial charge in [0.05, 0.1) is 16.8 Å². The molecular weight excluding hydrogens is 936 g/mol. The minimum atomic E-state index is -0.523. The van der Waals surface area contributed by atoms with Gasteiger partial charge in [0.25, 0.3) is 0 Å². The van der Waals surface area contributed by atoms with Crippen molar-refractivity contribution in [3.05, 3.63) is 232 Å². The van der Waals surface area contributed by atoms with E-state index >= 15 is 0 Å². The predicted octanol–water partition coefficient (Wildman–Crippen LogP) is 18.0. The van der Waals surface area contributed by atoms with E-state index in [0.717, 1.165) is 6.42 Å². The van der Waals surface area contributed by atoms with Crippen LogP contribution in [0, 0.1) is 0 Å². The summed E-state index contributed by atoms with van der Waals surface area (Å²) >= 11 is 2.06. The Hall–Kier alpha value is -7.40. The van der Waals surface area contributed by atoms with Gasteiger partial charge in [-0.05, 0) is 162 Å². The van der Waals surface area contributed by atoms with Crippen LogP contribution in [0.15, 0.2) is 182 Å². The van der Waals surface area contributed by atoms with Crippen LogP contribution in [0.4, 0.5) is 28.4 Å². The van der Waals surface area contributed by atoms with Crippen molar-refractivity contribution >= 4 is 66.9 Å². The van der Waals surface area contributed by atoms with Gasteiger partial charge in [0.2, 0.25) is 0 Å². The minimum Gasteiger partial charge on any atom is -0.375 e. The Labute approximate surface area is 452 Å². The Morgan fingerprint density at radius 3 is 1.82 bits per heavy atom. The zero-order valence-corrected chi connectivity index (χ0v) is 45.6. The highest BCUT2D eigenvalue weighted by molar-refractivity contribution is 7.32. The average molecular weight is 997 g/mol. The molecule has 10 aromatic rings. The van der Waals surface area contributed by atoms with E-state index in [2.05, 4.69) is 252 Å². The summed E-state index contributed by atoms with van der Waals surface area (Å²) in [5, 5.41) is 1.37. The molecule has 0 amide bonds. The number of hydrogen-bond acceptors (Lipinski definition) is 3. The largest absolute Gasteiger partial charge is 0.375 e. The molecule has 1 spiro atoms. The molecule has 0 saturated carbocycles. The summed E-state index contributed by atoms with van der Waals surface area (Å²) in [6.45, 7) is 17.1. The Balaban J connectivity index is 1.10. The maximum atomic E-state index is 2.85. The first-order valence-electron chi connectivity index (χ1n) is 28.1. The molecule has 2 nitrogen and oxygen atoms in total. The lowest BCUT2D eigenvalue weighted by molar-refractivity contribution is 0.332. The van der Waals surface area contributed by atoms with Crippen LogP contribution in [0.3, 0.4) is 0 Å². The SMILES string of the molecule is CCCCc1ccc(N2c3cc4c(c5c3B(c3sc6cc7c(cc6c32)C(C)(C)CCC7(C)C)N2c3ccccc3C3(c6ccccc6-c6ccccc63)c3cccc-5c32)-c2ccccc2C4(C)C)c(-c2ccccc2)c1. The zero-order valence-electron chi connectivity index (χ0n) is 44.7. The van der Waals surface area contributed by atoms with E-state index in [0.29, 0.717) is 0 Å². The van der Waals surface area contributed by atoms with Gasteiger partial charge in [0.1, 0.15) is 0 Å². The van der Waals surface area contributed by atoms with E-state index in [1.807, 2.05) is 0 Å². The second-order valence-corrected chi connectivity index (χ2v) is 25.8. The summed E-state index contributed by atoms with van der Waals surface area (Å²) in [5.74, 6) is 0. The summed E-state index contributed by atoms with van der Waals surface area (Å²) in [6.07, 6.45) is 5.74. The first-order chi connectivity index (χ1) is 36.9. The maximum Gasteiger partial charge on any atom is 0.343 e. The smallest absolute Gasteiger partial charge is 0.343 e. The van der Waals surface area contributed by atoms with Gasteiger partial charge in [0, 0.05) is 48.5 Å². The summed E-state index contributed by atoms with van der Waals surface area (Å²) in [7, 11) is 0. The second kappa shape index (κ2) is 15.4. The third-order valence-electron chi connectivity index (χ3n) is 19.5. The number of benzene rings is 9. The van der Waals surface area contributed by atoms with Crippen LogP contribution in [-0.2, 0) is 28.1 Å². The first-order valence-corrected chi connectivity index (χ1v) is 28.9. The Bertz CT molecular complexity index is 4130. The van der Waals surface area contributed by atoms with Crippen molar-refractivity contribution in [1.29, 1.82) is 0 Å². The molecule has 0 bridgehead atoms. The highest BCUT2D eigenvalue weighted by Gasteiger charge is 2.58. The molecule has 9 aromatic carbocycles. The molecule has 16 rings (SSSR count). The topological polar surface area (TPSA) is 6.48 Å². The number of nitrogens with zero attached hydrogens (tertiary/aromatic N) is 2. The Morgan fingerprint density at radius 1 is 0.474 bits per heavy atom. The molecule has 0 radical (unpaired) electrons. The molecule has 3 aliphatic carbocycles. The number of para-hydroxylation sites is 2. The van der Waals surface area contributed by atoms with Crippen LogP contribution >= 0.6 is 11.3 Å². The molecule has 1 aromatic heterocycles. The predicted molar refractivity (Wildman–Crippen MR) is 323 cm³/mol. The number of anilines is 5. The lowest BCUT2D eigenvalue weighted by Crippen LogP contribution is -2.62. The lowest BCUT2D eigenvalue weighted by Gasteiger charge is -2.52. The third kappa shape index (κ3) is 5.58. The van der Waals surface area contributed by atoms with Gasteiger partial charge >= 0.3 is 6.85 Å². The van der Waals surface area contributed by atoms with Gasteiger partial charge in [-0.1, -0.05) is 200 Å². The Morgan fingerprint density at radius 2 is 1.09 bits per heavy atom. The number of rotatable bonds is 5. The van der Waals surface area contributed by atoms with Gasteiger partial charge in [-0.3, -0.25) is 0 Å². The zero-order chi connectivity index (χ0) is 51.2. The molecule has 0 unspecified atom stereocenters. The van der Waals surface area contributed by atoms with E-state index < -0.39 is 5.41 Å². The van der Waals surface area contributed by atoms with Crippen molar-refractivity contribution in [2.75, 3.05) is 9.71 Å². The highest BCUT2D eigenvalue weighted by Crippen LogP contribution is 2.67. The van der Waals surface area contributed by atoms with E-state index in [1.165, 1.54) is 169 Å². The van der Waals surface area contributed by atoms with Crippen LogP contribution in [0.5, 0.6) is 0 Å². The van der Waals surface area contributed by atoms with Crippen molar-refractivity contribution in [2.24, 2.45) is 0 Å². The van der Waals surface area contributed by atoms with Crippen LogP contribution in [0.1, 0.15) is 124 Å². The normalized spacial score (nSPS) is 17.3. The highest BCUT2D eigenvalue weighted by atomic mass is 32.1. The summed E-state index contributed by atoms with van der Waals surface area (Å²) < 4.78 is 2.80. The van der Waals surface area contributed by atoms with Crippen molar-refractivity contribution < 1.29 is 0 Å². The number of fused-ring (bicyclic) bond motifs is 20. The van der Waals surface area contributed by atoms with Crippen molar-refractivity contribution in [1.82, 2.24) is 0 Å². The molecule has 368 valence electrons. The number of hydrogen-bond donors (Lipinski definition) is 0. The molecule has 4 heterocycles. The van der Waals surface area contributed by atoms with Gasteiger partial charge in [-0.25, -0.2) is 0 Å². The number of unbranched alkanes of at least 4 members (excludes halogenated alkanes) is 1. The van der Waals surface area contributed by atoms with Crippen molar-refractivity contribution in [3.63, 3.8) is 0 Å². The van der Waals surface area contributed by atoms with Gasteiger partial charge in [0.15, 0.2) is 0 Å². The summed E-state index contributed by atoms with van der Waals surface area (Å²) in [6, 6.07) is 71.6. The van der Waals surface area contributed by atoms with Crippen molar-refractivity contribution in [3.8, 4) is 44.5 Å². The molecule has 6 aliphatic rings. The van der Waals surface area contributed by atoms with Gasteiger partial charge in [-0.15, -0.1) is 11.3 Å². The molecule has 0 atom stereocenters. The van der Waals surface area contributed by atoms with Crippen molar-refractivity contribution in [2.45, 2.75) is 102 Å². The monoisotopic (exact) mass is 996 g/mol. The van der Waals surface area contributed by atoms with E-state index in [-0.39, 0.29) is 23.1 Å². The quantitative estimate of drug-likeness (QED) is 0.159. The molecule has 4 heteroatoms. The van der Waals surface area contributed by atoms with Gasteiger partial charge < -0.3 is 9.71 Å². The van der Waals surface area contributed by atoms with Crippen LogP contribution in [0.25, 0.3) is 54.6 Å². The molecule has 76 heavy (non-hydrogen) atoms. The maximum absolute atomic E-state index is 2.85. The molecule has 3 aliphatic heterocycles. The molecule has 0 N–H and O–H groups in total. The van der Waals surface area contributed by atoms with E-state index in [4.69, 9.17) is 0 Å². The summed E-state index contributed by atoms with van der Waals surface area (Å²) in [5.41, 5.74) is 30.7. The standard InChI is InChI=1S/C72H61BN2S/c1-8-9-22-43-35-36-59(49(39-43)44-23-11-10-12-24-44)74-61-41-58-63(47-27-15-16-29-51(47)71(58,6)7)64-48-28-21-33-55-66(48)75(60-34-20-19-32-54(60)72(55)52-30-17-13-25-45(52)46-26-14-18-31-53(46)72)73(65(61)64)68-67(74)50-40-56-57(42-62(50)76-68)70(4,5)38-37-69(56,2)3/h10-21,23-36,39-42H,8-9,22,37-38H2,1-7H3. The fourth-order valence-corrected chi connectivity index (χ4v) is 17.0. The average Bonchev–Trinajstić information content (AvgIpc) is 4.15. The molecule has 0 fully saturated rings. The number of aryl methyl sites for hydroxylation is 1. The number of thiophene rings is 1. The third-order valence-corrected chi connectivity index (χ3v) is 20.7. The Kier molecular flexibility index (Phi) is 9.08. The summed E-state index contributed by atoms with van der Waals surface area (Å²) in [4.78, 5) is 5.64. The van der Waals surface area contributed by atoms with E-state index in [1.54, 1.807) is 0 Å². The first kappa shape index (κ1) is 44.9. The van der Waals surface area contributed by atoms with Crippen LogP contribution < -0.4 is 20.0 Å². The molecule has 0 saturated heterocycles. The fourth-order valence-electron chi connectivity index (χ4n) is 15.7. The minimum absolute atomic E-state index is 0.0395. The van der Waals surface area contributed by atoms with Crippen LogP contribution in [-0.4, -0.2) is 6.85 Å². The second-order valence-electron chi connectivity index (χ2n) is 24.7. The fraction of sp³-hybridized carbons (Fsp3) is 0.222. The van der Waals surface area contributed by atoms with Gasteiger partial charge in [-0.2, -0.15) is 0 Å².